The predicted octanol–water partition coefficient (Wildman–Crippen LogP) is 2.67. The van der Waals surface area contributed by atoms with Crippen LogP contribution in [0.15, 0.2) is 12.1 Å². The van der Waals surface area contributed by atoms with Gasteiger partial charge in [0.2, 0.25) is 11.9 Å². The second-order valence-corrected chi connectivity index (χ2v) is 7.09. The number of nitrogens with one attached hydrogen (secondary N) is 1. The zero-order chi connectivity index (χ0) is 15.8. The fraction of sp³-hybridized carbons (Fsp3) is 0.429. The van der Waals surface area contributed by atoms with Gasteiger partial charge in [0, 0.05) is 24.6 Å². The number of aromatic nitrogens is 2. The van der Waals surface area contributed by atoms with Gasteiger partial charge in [-0.05, 0) is 49.4 Å². The quantitative estimate of drug-likeness (QED) is 0.773. The molecule has 0 unspecified atom stereocenters. The number of carbonyl (C=O) groups is 1. The van der Waals surface area contributed by atoms with Gasteiger partial charge in [0.25, 0.3) is 0 Å². The summed E-state index contributed by atoms with van der Waals surface area (Å²) < 4.78 is 15.8. The summed E-state index contributed by atoms with van der Waals surface area (Å²) in [6, 6.07) is 3.05. The third-order valence-electron chi connectivity index (χ3n) is 2.90. The summed E-state index contributed by atoms with van der Waals surface area (Å²) in [4.78, 5) is 16.1. The van der Waals surface area contributed by atoms with Crippen molar-refractivity contribution in [1.29, 1.82) is 0 Å². The van der Waals surface area contributed by atoms with Crippen molar-refractivity contribution >= 4 is 45.5 Å². The number of hydrogen-bond donors (Lipinski definition) is 2. The molecule has 2 rings (SSSR count). The fourth-order valence-electron chi connectivity index (χ4n) is 2.07. The second kappa shape index (κ2) is 5.78. The number of amides is 1. The Labute approximate surface area is 136 Å². The van der Waals surface area contributed by atoms with Crippen LogP contribution < -0.4 is 11.1 Å². The van der Waals surface area contributed by atoms with E-state index < -0.39 is 0 Å². The molecule has 0 saturated heterocycles. The lowest BCUT2D eigenvalue weighted by Gasteiger charge is -2.20. The Bertz CT molecular complexity index is 690. The SMILES string of the molecule is CC(C)(C)NC(=O)CCn1c(N)nc2cc(I)c(F)cc21. The molecule has 1 amide bonds. The van der Waals surface area contributed by atoms with Crippen LogP contribution in [-0.2, 0) is 11.3 Å². The number of carbonyl (C=O) groups excluding carboxylic acids is 1. The molecule has 1 aromatic carbocycles. The first-order valence-electron chi connectivity index (χ1n) is 6.59. The summed E-state index contributed by atoms with van der Waals surface area (Å²) in [7, 11) is 0. The van der Waals surface area contributed by atoms with Crippen molar-refractivity contribution in [2.75, 3.05) is 5.73 Å². The number of nitrogens with zero attached hydrogens (tertiary/aromatic N) is 2. The molecule has 3 N–H and O–H groups in total. The standard InChI is InChI=1S/C14H18FIN4O/c1-14(2,3)19-12(21)4-5-20-11-6-8(15)9(16)7-10(11)18-13(20)17/h6-7H,4-5H2,1-3H3,(H2,17,18)(H,19,21). The molecule has 0 radical (unpaired) electrons. The molecule has 0 spiro atoms. The maximum atomic E-state index is 13.7. The molecule has 0 aliphatic carbocycles. The van der Waals surface area contributed by atoms with Crippen LogP contribution in [0.1, 0.15) is 27.2 Å². The van der Waals surface area contributed by atoms with Crippen molar-refractivity contribution in [1.82, 2.24) is 14.9 Å². The van der Waals surface area contributed by atoms with E-state index in [1.165, 1.54) is 6.07 Å². The van der Waals surface area contributed by atoms with Crippen molar-refractivity contribution in [2.45, 2.75) is 39.3 Å². The molecule has 5 nitrogen and oxygen atoms in total. The Morgan fingerprint density at radius 2 is 2.14 bits per heavy atom. The van der Waals surface area contributed by atoms with Crippen molar-refractivity contribution < 1.29 is 9.18 Å². The predicted molar refractivity (Wildman–Crippen MR) is 89.3 cm³/mol. The molecule has 0 saturated carbocycles. The molecule has 0 atom stereocenters. The monoisotopic (exact) mass is 404 g/mol. The number of rotatable bonds is 3. The lowest BCUT2D eigenvalue weighted by molar-refractivity contribution is -0.122. The Kier molecular flexibility index (Phi) is 4.40. The topological polar surface area (TPSA) is 72.9 Å². The largest absolute Gasteiger partial charge is 0.369 e. The molecule has 0 fully saturated rings. The van der Waals surface area contributed by atoms with Crippen LogP contribution in [0.2, 0.25) is 0 Å². The van der Waals surface area contributed by atoms with E-state index in [4.69, 9.17) is 5.73 Å². The van der Waals surface area contributed by atoms with Crippen LogP contribution in [-0.4, -0.2) is 21.0 Å². The van der Waals surface area contributed by atoms with Gasteiger partial charge in [-0.3, -0.25) is 4.79 Å². The van der Waals surface area contributed by atoms with Gasteiger partial charge in [0.05, 0.1) is 14.6 Å². The number of benzene rings is 1. The van der Waals surface area contributed by atoms with E-state index in [1.54, 1.807) is 10.6 Å². The number of halogens is 2. The molecule has 21 heavy (non-hydrogen) atoms. The second-order valence-electron chi connectivity index (χ2n) is 5.92. The summed E-state index contributed by atoms with van der Waals surface area (Å²) >= 11 is 1.91. The van der Waals surface area contributed by atoms with E-state index in [2.05, 4.69) is 10.3 Å². The molecule has 7 heteroatoms. The highest BCUT2D eigenvalue weighted by Gasteiger charge is 2.16. The lowest BCUT2D eigenvalue weighted by atomic mass is 10.1. The highest BCUT2D eigenvalue weighted by atomic mass is 127. The zero-order valence-corrected chi connectivity index (χ0v) is 14.4. The zero-order valence-electron chi connectivity index (χ0n) is 12.2. The van der Waals surface area contributed by atoms with E-state index in [9.17, 15) is 9.18 Å². The van der Waals surface area contributed by atoms with Crippen molar-refractivity contribution in [2.24, 2.45) is 0 Å². The molecular formula is C14H18FIN4O. The van der Waals surface area contributed by atoms with Crippen LogP contribution in [0.4, 0.5) is 10.3 Å². The van der Waals surface area contributed by atoms with E-state index in [0.29, 0.717) is 21.1 Å². The summed E-state index contributed by atoms with van der Waals surface area (Å²) in [5.74, 6) is -0.104. The molecular weight excluding hydrogens is 386 g/mol. The normalized spacial score (nSPS) is 11.9. The van der Waals surface area contributed by atoms with Gasteiger partial charge in [0.15, 0.2) is 0 Å². The summed E-state index contributed by atoms with van der Waals surface area (Å²) in [5.41, 5.74) is 6.83. The average molecular weight is 404 g/mol. The molecule has 0 aliphatic rings. The number of fused-ring (bicyclic) bond motifs is 1. The number of hydrogen-bond acceptors (Lipinski definition) is 3. The molecule has 1 heterocycles. The van der Waals surface area contributed by atoms with Gasteiger partial charge in [-0.1, -0.05) is 0 Å². The van der Waals surface area contributed by atoms with E-state index in [0.717, 1.165) is 0 Å². The summed E-state index contributed by atoms with van der Waals surface area (Å²) in [5, 5.41) is 2.88. The third kappa shape index (κ3) is 3.84. The van der Waals surface area contributed by atoms with Gasteiger partial charge in [-0.25, -0.2) is 9.37 Å². The summed E-state index contributed by atoms with van der Waals surface area (Å²) in [6.45, 7) is 6.12. The summed E-state index contributed by atoms with van der Waals surface area (Å²) in [6.07, 6.45) is 0.264. The van der Waals surface area contributed by atoms with Gasteiger partial charge in [0.1, 0.15) is 5.82 Å². The minimum atomic E-state index is -0.316. The Hall–Kier alpha value is -1.38. The number of anilines is 1. The maximum Gasteiger partial charge on any atom is 0.222 e. The van der Waals surface area contributed by atoms with Gasteiger partial charge in [-0.15, -0.1) is 0 Å². The van der Waals surface area contributed by atoms with Crippen molar-refractivity contribution in [3.05, 3.63) is 21.5 Å². The fourth-order valence-corrected chi connectivity index (χ4v) is 2.52. The first-order valence-corrected chi connectivity index (χ1v) is 7.67. The highest BCUT2D eigenvalue weighted by Crippen LogP contribution is 2.23. The minimum absolute atomic E-state index is 0.0743. The number of nitrogens with two attached hydrogens (primary N) is 1. The van der Waals surface area contributed by atoms with Crippen LogP contribution in [0.25, 0.3) is 11.0 Å². The number of nitrogen functional groups attached to an aromatic ring is 1. The minimum Gasteiger partial charge on any atom is -0.369 e. The van der Waals surface area contributed by atoms with Crippen LogP contribution >= 0.6 is 22.6 Å². The van der Waals surface area contributed by atoms with Gasteiger partial charge in [-0.2, -0.15) is 0 Å². The molecule has 0 bridgehead atoms. The van der Waals surface area contributed by atoms with Crippen LogP contribution in [0.5, 0.6) is 0 Å². The van der Waals surface area contributed by atoms with Gasteiger partial charge >= 0.3 is 0 Å². The molecule has 0 aliphatic heterocycles. The van der Waals surface area contributed by atoms with E-state index in [-0.39, 0.29) is 29.6 Å². The molecule has 114 valence electrons. The van der Waals surface area contributed by atoms with Crippen molar-refractivity contribution in [3.63, 3.8) is 0 Å². The van der Waals surface area contributed by atoms with E-state index >= 15 is 0 Å². The van der Waals surface area contributed by atoms with E-state index in [1.807, 2.05) is 43.4 Å². The average Bonchev–Trinajstić information content (AvgIpc) is 2.60. The van der Waals surface area contributed by atoms with Crippen LogP contribution in [0.3, 0.4) is 0 Å². The smallest absolute Gasteiger partial charge is 0.222 e. The first-order chi connectivity index (χ1) is 9.67. The number of aryl methyl sites for hydroxylation is 1. The molecule has 2 aromatic rings. The third-order valence-corrected chi connectivity index (χ3v) is 3.72. The van der Waals surface area contributed by atoms with Crippen molar-refractivity contribution in [3.8, 4) is 0 Å². The maximum absolute atomic E-state index is 13.7. The number of imidazole rings is 1. The molecule has 1 aromatic heterocycles. The Morgan fingerprint density at radius 3 is 2.76 bits per heavy atom. The van der Waals surface area contributed by atoms with Gasteiger partial charge < -0.3 is 15.6 Å². The first kappa shape index (κ1) is 16.0. The lowest BCUT2D eigenvalue weighted by Crippen LogP contribution is -2.40. The van der Waals surface area contributed by atoms with Crippen LogP contribution in [0, 0.1) is 9.39 Å². The Balaban J connectivity index is 2.21. The highest BCUT2D eigenvalue weighted by molar-refractivity contribution is 14.1. The Morgan fingerprint density at radius 1 is 1.48 bits per heavy atom.